The van der Waals surface area contributed by atoms with Crippen LogP contribution in [0.1, 0.15) is 18.1 Å². The first-order valence-corrected chi connectivity index (χ1v) is 9.84. The molecule has 0 spiro atoms. The van der Waals surface area contributed by atoms with Crippen LogP contribution in [-0.4, -0.2) is 46.7 Å². The molecule has 1 aliphatic rings. The molecule has 0 atom stereocenters. The van der Waals surface area contributed by atoms with Crippen LogP contribution in [0.2, 0.25) is 0 Å². The van der Waals surface area contributed by atoms with Crippen molar-refractivity contribution in [2.45, 2.75) is 13.5 Å². The average Bonchev–Trinajstić information content (AvgIpc) is 2.75. The summed E-state index contributed by atoms with van der Waals surface area (Å²) in [7, 11) is 0. The molecule has 0 aliphatic carbocycles. The number of rotatable bonds is 5. The van der Waals surface area contributed by atoms with Gasteiger partial charge in [-0.1, -0.05) is 54.6 Å². The molecule has 0 N–H and O–H groups in total. The van der Waals surface area contributed by atoms with Crippen LogP contribution in [0.15, 0.2) is 71.8 Å². The highest BCUT2D eigenvalue weighted by molar-refractivity contribution is 5.99. The van der Waals surface area contributed by atoms with E-state index in [1.807, 2.05) is 13.0 Å². The van der Waals surface area contributed by atoms with Crippen LogP contribution >= 0.6 is 0 Å². The highest BCUT2D eigenvalue weighted by Gasteiger charge is 2.17. The molecule has 0 unspecified atom stereocenters. The molecule has 6 nitrogen and oxygen atoms in total. The van der Waals surface area contributed by atoms with Crippen molar-refractivity contribution in [3.05, 3.63) is 88.0 Å². The van der Waals surface area contributed by atoms with Crippen molar-refractivity contribution in [2.75, 3.05) is 26.2 Å². The van der Waals surface area contributed by atoms with Crippen molar-refractivity contribution in [1.29, 1.82) is 0 Å². The van der Waals surface area contributed by atoms with E-state index >= 15 is 0 Å². The smallest absolute Gasteiger partial charge is 0.270 e. The summed E-state index contributed by atoms with van der Waals surface area (Å²) in [6.07, 6.45) is 0. The Hall–Kier alpha value is -3.25. The largest absolute Gasteiger partial charge is 0.295 e. The van der Waals surface area contributed by atoms with Crippen molar-refractivity contribution in [2.24, 2.45) is 5.10 Å². The van der Waals surface area contributed by atoms with Gasteiger partial charge in [0.1, 0.15) is 0 Å². The number of fused-ring (bicyclic) bond motifs is 1. The summed E-state index contributed by atoms with van der Waals surface area (Å²) in [4.78, 5) is 13.1. The predicted molar refractivity (Wildman–Crippen MR) is 116 cm³/mol. The van der Waals surface area contributed by atoms with Crippen LogP contribution < -0.4 is 0 Å². The second-order valence-electron chi connectivity index (χ2n) is 7.36. The molecule has 6 heteroatoms. The van der Waals surface area contributed by atoms with Gasteiger partial charge >= 0.3 is 0 Å². The maximum absolute atomic E-state index is 11.0. The van der Waals surface area contributed by atoms with Crippen LogP contribution in [0.4, 0.5) is 5.69 Å². The molecule has 29 heavy (non-hydrogen) atoms. The Morgan fingerprint density at radius 2 is 1.72 bits per heavy atom. The van der Waals surface area contributed by atoms with E-state index in [9.17, 15) is 10.1 Å². The van der Waals surface area contributed by atoms with Crippen molar-refractivity contribution >= 4 is 22.2 Å². The van der Waals surface area contributed by atoms with Crippen molar-refractivity contribution in [1.82, 2.24) is 9.91 Å². The molecule has 0 saturated carbocycles. The molecule has 1 saturated heterocycles. The number of nitro groups is 1. The van der Waals surface area contributed by atoms with Crippen LogP contribution in [0.25, 0.3) is 10.8 Å². The first kappa shape index (κ1) is 19.1. The molecule has 0 radical (unpaired) electrons. The molecule has 3 aromatic carbocycles. The lowest BCUT2D eigenvalue weighted by atomic mass is 10.0. The Bertz CT molecular complexity index is 1050. The zero-order valence-corrected chi connectivity index (χ0v) is 16.5. The van der Waals surface area contributed by atoms with E-state index in [1.165, 1.54) is 22.4 Å². The van der Waals surface area contributed by atoms with Gasteiger partial charge in [0.2, 0.25) is 0 Å². The Morgan fingerprint density at radius 1 is 1.00 bits per heavy atom. The zero-order chi connectivity index (χ0) is 20.2. The number of piperazine rings is 1. The van der Waals surface area contributed by atoms with E-state index < -0.39 is 0 Å². The van der Waals surface area contributed by atoms with E-state index in [0.29, 0.717) is 0 Å². The minimum atomic E-state index is -0.372. The fourth-order valence-corrected chi connectivity index (χ4v) is 3.78. The van der Waals surface area contributed by atoms with Gasteiger partial charge in [0.05, 0.1) is 10.6 Å². The summed E-state index contributed by atoms with van der Waals surface area (Å²) in [5.41, 5.74) is 3.04. The van der Waals surface area contributed by atoms with Gasteiger partial charge in [0.15, 0.2) is 0 Å². The fourth-order valence-electron chi connectivity index (χ4n) is 3.78. The third-order valence-corrected chi connectivity index (χ3v) is 5.39. The minimum absolute atomic E-state index is 0.0944. The highest BCUT2D eigenvalue weighted by atomic mass is 16.6. The number of hydrogen-bond donors (Lipinski definition) is 0. The third-order valence-electron chi connectivity index (χ3n) is 5.39. The minimum Gasteiger partial charge on any atom is -0.295 e. The first-order valence-electron chi connectivity index (χ1n) is 9.84. The molecular formula is C23H24N4O2. The SMILES string of the molecule is CC(=NN1CCN(Cc2cccc3ccccc23)CC1)c1cccc([N+](=O)[O-])c1. The van der Waals surface area contributed by atoms with Gasteiger partial charge in [-0.25, -0.2) is 0 Å². The summed E-state index contributed by atoms with van der Waals surface area (Å²) < 4.78 is 0. The Morgan fingerprint density at radius 3 is 2.52 bits per heavy atom. The monoisotopic (exact) mass is 388 g/mol. The predicted octanol–water partition coefficient (Wildman–Crippen LogP) is 4.29. The molecule has 4 rings (SSSR count). The van der Waals surface area contributed by atoms with Gasteiger partial charge < -0.3 is 0 Å². The summed E-state index contributed by atoms with van der Waals surface area (Å²) in [6, 6.07) is 21.6. The molecular weight excluding hydrogens is 364 g/mol. The van der Waals surface area contributed by atoms with Gasteiger partial charge in [-0.05, 0) is 23.3 Å². The molecule has 148 valence electrons. The summed E-state index contributed by atoms with van der Waals surface area (Å²) in [5, 5.41) is 20.3. The van der Waals surface area contributed by atoms with Gasteiger partial charge in [-0.3, -0.25) is 20.0 Å². The lowest BCUT2D eigenvalue weighted by Gasteiger charge is -2.33. The number of non-ortho nitro benzene ring substituents is 1. The zero-order valence-electron chi connectivity index (χ0n) is 16.5. The Labute approximate surface area is 170 Å². The third kappa shape index (κ3) is 4.43. The molecule has 0 bridgehead atoms. The van der Waals surface area contributed by atoms with Gasteiger partial charge in [0.25, 0.3) is 5.69 Å². The van der Waals surface area contributed by atoms with E-state index in [2.05, 4.69) is 52.4 Å². The van der Waals surface area contributed by atoms with Crippen molar-refractivity contribution in [3.63, 3.8) is 0 Å². The number of nitrogens with zero attached hydrogens (tertiary/aromatic N) is 4. The van der Waals surface area contributed by atoms with E-state index in [4.69, 9.17) is 5.10 Å². The van der Waals surface area contributed by atoms with Crippen LogP contribution in [0, 0.1) is 10.1 Å². The van der Waals surface area contributed by atoms with Gasteiger partial charge in [-0.2, -0.15) is 5.10 Å². The fraction of sp³-hybridized carbons (Fsp3) is 0.261. The molecule has 0 aromatic heterocycles. The summed E-state index contributed by atoms with van der Waals surface area (Å²) in [6.45, 7) is 6.41. The molecule has 0 amide bonds. The standard InChI is InChI=1S/C23H24N4O2/c1-18(20-8-5-10-22(16-20)27(28)29)24-26-14-12-25(13-15-26)17-21-9-4-7-19-6-2-3-11-23(19)21/h2-11,16H,12-15,17H2,1H3. The van der Waals surface area contributed by atoms with Crippen molar-refractivity contribution < 1.29 is 4.92 Å². The lowest BCUT2D eigenvalue weighted by molar-refractivity contribution is -0.384. The Balaban J connectivity index is 1.40. The number of benzene rings is 3. The molecule has 1 fully saturated rings. The number of hydrazone groups is 1. The summed E-state index contributed by atoms with van der Waals surface area (Å²) >= 11 is 0. The normalized spacial score (nSPS) is 15.6. The van der Waals surface area contributed by atoms with Gasteiger partial charge in [-0.15, -0.1) is 0 Å². The second kappa shape index (κ2) is 8.41. The maximum atomic E-state index is 11.0. The van der Waals surface area contributed by atoms with Gasteiger partial charge in [0, 0.05) is 50.4 Å². The molecule has 3 aromatic rings. The lowest BCUT2D eigenvalue weighted by Crippen LogP contribution is -2.43. The average molecular weight is 388 g/mol. The topological polar surface area (TPSA) is 62.0 Å². The first-order chi connectivity index (χ1) is 14.1. The second-order valence-corrected chi connectivity index (χ2v) is 7.36. The van der Waals surface area contributed by atoms with E-state index in [-0.39, 0.29) is 10.6 Å². The van der Waals surface area contributed by atoms with Crippen LogP contribution in [0.3, 0.4) is 0 Å². The number of nitro benzene ring substituents is 1. The number of hydrogen-bond acceptors (Lipinski definition) is 5. The van der Waals surface area contributed by atoms with E-state index in [0.717, 1.165) is 44.0 Å². The summed E-state index contributed by atoms with van der Waals surface area (Å²) in [5.74, 6) is 0. The van der Waals surface area contributed by atoms with E-state index in [1.54, 1.807) is 12.1 Å². The highest BCUT2D eigenvalue weighted by Crippen LogP contribution is 2.21. The maximum Gasteiger partial charge on any atom is 0.270 e. The Kier molecular flexibility index (Phi) is 5.53. The quantitative estimate of drug-likeness (QED) is 0.372. The van der Waals surface area contributed by atoms with Crippen LogP contribution in [0.5, 0.6) is 0 Å². The van der Waals surface area contributed by atoms with Crippen LogP contribution in [-0.2, 0) is 6.54 Å². The molecule has 1 aliphatic heterocycles. The molecule has 1 heterocycles. The van der Waals surface area contributed by atoms with Crippen molar-refractivity contribution in [3.8, 4) is 0 Å².